The minimum Gasteiger partial charge on any atom is -0.391 e. The summed E-state index contributed by atoms with van der Waals surface area (Å²) in [5.41, 5.74) is 1.16. The maximum atomic E-state index is 5.89. The Hall–Kier alpha value is -0.240. The van der Waals surface area contributed by atoms with Gasteiger partial charge in [-0.3, -0.25) is 0 Å². The Bertz CT molecular complexity index is 177. The molecule has 0 aromatic rings. The van der Waals surface area contributed by atoms with Gasteiger partial charge in [-0.2, -0.15) is 0 Å². The summed E-state index contributed by atoms with van der Waals surface area (Å²) in [4.78, 5) is 5.18. The highest BCUT2D eigenvalue weighted by Gasteiger charge is 2.25. The van der Waals surface area contributed by atoms with E-state index in [1.165, 1.54) is 0 Å². The third-order valence-corrected chi connectivity index (χ3v) is 2.19. The van der Waals surface area contributed by atoms with Crippen molar-refractivity contribution < 1.29 is 4.84 Å². The first-order valence-corrected chi connectivity index (χ1v) is 4.89. The van der Waals surface area contributed by atoms with Gasteiger partial charge in [0.05, 0.1) is 11.1 Å². The van der Waals surface area contributed by atoms with Crippen LogP contribution >= 0.6 is 11.6 Å². The Labute approximate surface area is 78.9 Å². The number of halogens is 1. The van der Waals surface area contributed by atoms with E-state index in [9.17, 15) is 0 Å². The second-order valence-corrected chi connectivity index (χ2v) is 4.47. The van der Waals surface area contributed by atoms with Gasteiger partial charge in [-0.25, -0.2) is 0 Å². The van der Waals surface area contributed by atoms with E-state index in [0.717, 1.165) is 18.6 Å². The monoisotopic (exact) mass is 189 g/mol. The Kier molecular flexibility index (Phi) is 3.39. The van der Waals surface area contributed by atoms with Crippen molar-refractivity contribution in [2.75, 3.05) is 0 Å². The molecular weight excluding hydrogens is 174 g/mol. The quantitative estimate of drug-likeness (QED) is 0.626. The van der Waals surface area contributed by atoms with Gasteiger partial charge in [-0.15, -0.1) is 11.6 Å². The summed E-state index contributed by atoms with van der Waals surface area (Å²) < 4.78 is 0. The number of hydrogen-bond acceptors (Lipinski definition) is 2. The fraction of sp³-hybridized carbons (Fsp3) is 0.889. The van der Waals surface area contributed by atoms with Crippen LogP contribution in [-0.2, 0) is 4.84 Å². The van der Waals surface area contributed by atoms with Gasteiger partial charge in [0.15, 0.2) is 0 Å². The Morgan fingerprint density at radius 2 is 2.25 bits per heavy atom. The normalized spacial score (nSPS) is 25.4. The van der Waals surface area contributed by atoms with Crippen LogP contribution in [0.5, 0.6) is 0 Å². The molecule has 12 heavy (non-hydrogen) atoms. The average Bonchev–Trinajstić information content (AvgIpc) is 2.34. The van der Waals surface area contributed by atoms with E-state index in [4.69, 9.17) is 16.4 Å². The van der Waals surface area contributed by atoms with Crippen molar-refractivity contribution in [2.45, 2.75) is 45.1 Å². The van der Waals surface area contributed by atoms with Crippen molar-refractivity contribution in [1.29, 1.82) is 0 Å². The van der Waals surface area contributed by atoms with Crippen molar-refractivity contribution in [3.63, 3.8) is 0 Å². The van der Waals surface area contributed by atoms with Gasteiger partial charge < -0.3 is 4.84 Å². The van der Waals surface area contributed by atoms with Gasteiger partial charge >= 0.3 is 0 Å². The number of nitrogens with zero attached hydrogens (tertiary/aromatic N) is 1. The van der Waals surface area contributed by atoms with Gasteiger partial charge in [0, 0.05) is 6.42 Å². The molecule has 0 fully saturated rings. The van der Waals surface area contributed by atoms with Crippen molar-refractivity contribution >= 4 is 17.3 Å². The lowest BCUT2D eigenvalue weighted by Crippen LogP contribution is -2.18. The molecule has 0 spiro atoms. The summed E-state index contributed by atoms with van der Waals surface area (Å²) in [7, 11) is 0. The van der Waals surface area contributed by atoms with Crippen LogP contribution in [0.3, 0.4) is 0 Å². The van der Waals surface area contributed by atoms with Gasteiger partial charge in [0.25, 0.3) is 0 Å². The Morgan fingerprint density at radius 1 is 1.58 bits per heavy atom. The van der Waals surface area contributed by atoms with Gasteiger partial charge in [0.2, 0.25) is 0 Å². The van der Waals surface area contributed by atoms with Gasteiger partial charge in [0.1, 0.15) is 6.10 Å². The van der Waals surface area contributed by atoms with Crippen LogP contribution in [-0.4, -0.2) is 17.2 Å². The van der Waals surface area contributed by atoms with E-state index in [1.54, 1.807) is 0 Å². The van der Waals surface area contributed by atoms with Crippen LogP contribution in [0.2, 0.25) is 0 Å². The molecule has 0 N–H and O–H groups in total. The van der Waals surface area contributed by atoms with E-state index in [0.29, 0.717) is 5.92 Å². The second-order valence-electron chi connectivity index (χ2n) is 3.78. The van der Waals surface area contributed by atoms with Crippen LogP contribution in [0.15, 0.2) is 5.16 Å². The molecule has 0 amide bonds. The minimum atomic E-state index is 0.0541. The zero-order valence-corrected chi connectivity index (χ0v) is 8.64. The number of oxime groups is 1. The molecule has 0 aliphatic carbocycles. The summed E-state index contributed by atoms with van der Waals surface area (Å²) in [6.07, 6.45) is 2.03. The maximum Gasteiger partial charge on any atom is 0.148 e. The minimum absolute atomic E-state index is 0.0541. The Balaban J connectivity index is 2.33. The number of alkyl halides is 1. The molecule has 0 radical (unpaired) electrons. The molecular formula is C9H16ClNO. The molecule has 0 saturated heterocycles. The van der Waals surface area contributed by atoms with E-state index < -0.39 is 0 Å². The van der Waals surface area contributed by atoms with E-state index in [1.807, 2.05) is 6.92 Å². The van der Waals surface area contributed by atoms with Crippen molar-refractivity contribution in [3.8, 4) is 0 Å². The molecule has 2 unspecified atom stereocenters. The number of hydrogen-bond donors (Lipinski definition) is 0. The van der Waals surface area contributed by atoms with E-state index in [2.05, 4.69) is 19.0 Å². The summed E-state index contributed by atoms with van der Waals surface area (Å²) >= 11 is 5.89. The molecule has 1 aliphatic heterocycles. The van der Waals surface area contributed by atoms with Gasteiger partial charge in [-0.1, -0.05) is 19.0 Å². The highest BCUT2D eigenvalue weighted by Crippen LogP contribution is 2.20. The third kappa shape index (κ3) is 2.67. The second kappa shape index (κ2) is 4.13. The van der Waals surface area contributed by atoms with Crippen LogP contribution in [0.1, 0.15) is 33.6 Å². The SMILES string of the molecule is CC(C)CC1=NOC(C(C)Cl)C1. The molecule has 3 heteroatoms. The summed E-state index contributed by atoms with van der Waals surface area (Å²) in [6.45, 7) is 6.31. The van der Waals surface area contributed by atoms with E-state index in [-0.39, 0.29) is 11.5 Å². The smallest absolute Gasteiger partial charge is 0.148 e. The molecule has 70 valence electrons. The lowest BCUT2D eigenvalue weighted by Gasteiger charge is -2.09. The van der Waals surface area contributed by atoms with Gasteiger partial charge in [-0.05, 0) is 19.3 Å². The molecule has 0 aromatic heterocycles. The number of rotatable bonds is 3. The standard InChI is InChI=1S/C9H16ClNO/c1-6(2)4-8-5-9(7(3)10)12-11-8/h6-7,9H,4-5H2,1-3H3. The topological polar surface area (TPSA) is 21.6 Å². The molecule has 1 aliphatic rings. The molecule has 1 heterocycles. The summed E-state index contributed by atoms with van der Waals surface area (Å²) in [6, 6.07) is 0. The highest BCUT2D eigenvalue weighted by molar-refractivity contribution is 6.21. The molecule has 1 rings (SSSR count). The zero-order valence-electron chi connectivity index (χ0n) is 7.88. The molecule has 0 bridgehead atoms. The first-order valence-electron chi connectivity index (χ1n) is 4.45. The van der Waals surface area contributed by atoms with Crippen molar-refractivity contribution in [2.24, 2.45) is 11.1 Å². The lowest BCUT2D eigenvalue weighted by atomic mass is 10.0. The molecule has 2 atom stereocenters. The van der Waals surface area contributed by atoms with Crippen molar-refractivity contribution in [3.05, 3.63) is 0 Å². The maximum absolute atomic E-state index is 5.89. The van der Waals surface area contributed by atoms with Crippen LogP contribution in [0, 0.1) is 5.92 Å². The van der Waals surface area contributed by atoms with Crippen molar-refractivity contribution in [1.82, 2.24) is 0 Å². The highest BCUT2D eigenvalue weighted by atomic mass is 35.5. The zero-order chi connectivity index (χ0) is 9.14. The van der Waals surface area contributed by atoms with Crippen LogP contribution in [0.4, 0.5) is 0 Å². The fourth-order valence-electron chi connectivity index (χ4n) is 1.29. The fourth-order valence-corrected chi connectivity index (χ4v) is 1.42. The third-order valence-electron chi connectivity index (χ3n) is 1.91. The van der Waals surface area contributed by atoms with Crippen LogP contribution < -0.4 is 0 Å². The molecule has 0 aromatic carbocycles. The largest absolute Gasteiger partial charge is 0.391 e. The lowest BCUT2D eigenvalue weighted by molar-refractivity contribution is 0.0854. The predicted molar refractivity (Wildman–Crippen MR) is 51.7 cm³/mol. The first kappa shape index (κ1) is 9.85. The predicted octanol–water partition coefficient (Wildman–Crippen LogP) is 2.80. The molecule has 2 nitrogen and oxygen atoms in total. The average molecular weight is 190 g/mol. The summed E-state index contributed by atoms with van der Waals surface area (Å²) in [5.74, 6) is 0.650. The van der Waals surface area contributed by atoms with Crippen LogP contribution in [0.25, 0.3) is 0 Å². The first-order chi connectivity index (χ1) is 5.59. The Morgan fingerprint density at radius 3 is 2.67 bits per heavy atom. The summed E-state index contributed by atoms with van der Waals surface area (Å²) in [5, 5.41) is 4.06. The van der Waals surface area contributed by atoms with E-state index >= 15 is 0 Å². The molecule has 0 saturated carbocycles.